The van der Waals surface area contributed by atoms with Gasteiger partial charge in [-0.3, -0.25) is 0 Å². The first-order chi connectivity index (χ1) is 11.7. The molecule has 2 heteroatoms. The van der Waals surface area contributed by atoms with Crippen molar-refractivity contribution >= 4 is 5.97 Å². The minimum absolute atomic E-state index is 0.297. The predicted octanol–water partition coefficient (Wildman–Crippen LogP) is 5.25. The van der Waals surface area contributed by atoms with Crippen LogP contribution < -0.4 is 0 Å². The lowest BCUT2D eigenvalue weighted by Crippen LogP contribution is -2.14. The normalized spacial score (nSPS) is 10.6. The zero-order valence-electron chi connectivity index (χ0n) is 13.9. The first-order valence-corrected chi connectivity index (χ1v) is 8.04. The molecule has 2 nitrogen and oxygen atoms in total. The number of rotatable bonds is 4. The Hall–Kier alpha value is -2.87. The van der Waals surface area contributed by atoms with E-state index in [-0.39, 0.29) is 5.97 Å². The Labute approximate surface area is 142 Å². The van der Waals surface area contributed by atoms with E-state index in [1.54, 1.807) is 0 Å². The summed E-state index contributed by atoms with van der Waals surface area (Å²) >= 11 is 0. The summed E-state index contributed by atoms with van der Waals surface area (Å²) < 4.78 is 5.91. The number of ether oxygens (including phenoxy) is 1. The molecule has 0 unspecified atom stereocenters. The third-order valence-electron chi connectivity index (χ3n) is 4.25. The lowest BCUT2D eigenvalue weighted by Gasteiger charge is -2.20. The molecule has 0 atom stereocenters. The van der Waals surface area contributed by atoms with Gasteiger partial charge in [-0.25, -0.2) is 4.79 Å². The number of carbonyl (C=O) groups is 1. The fourth-order valence-corrected chi connectivity index (χ4v) is 2.73. The van der Waals surface area contributed by atoms with Gasteiger partial charge < -0.3 is 4.74 Å². The number of esters is 1. The van der Waals surface area contributed by atoms with E-state index in [1.807, 2.05) is 92.7 Å². The molecule has 0 radical (unpaired) electrons. The highest BCUT2D eigenvalue weighted by Gasteiger charge is 2.21. The molecule has 0 fully saturated rings. The van der Waals surface area contributed by atoms with Crippen LogP contribution in [0.1, 0.15) is 38.7 Å². The number of carbonyl (C=O) groups excluding carboxylic acids is 1. The average molecular weight is 316 g/mol. The molecule has 0 aliphatic rings. The summed E-state index contributed by atoms with van der Waals surface area (Å²) in [5, 5.41) is 0. The highest BCUT2D eigenvalue weighted by molar-refractivity contribution is 5.91. The van der Waals surface area contributed by atoms with Gasteiger partial charge in [0, 0.05) is 0 Å². The van der Waals surface area contributed by atoms with Crippen molar-refractivity contribution in [3.05, 3.63) is 107 Å². The molecule has 0 saturated carbocycles. The van der Waals surface area contributed by atoms with Gasteiger partial charge in [-0.15, -0.1) is 0 Å². The summed E-state index contributed by atoms with van der Waals surface area (Å²) in [6.45, 7) is 3.95. The maximum atomic E-state index is 12.8. The summed E-state index contributed by atoms with van der Waals surface area (Å²) in [6, 6.07) is 25.4. The quantitative estimate of drug-likeness (QED) is 0.614. The highest BCUT2D eigenvalue weighted by atomic mass is 16.5. The van der Waals surface area contributed by atoms with Crippen LogP contribution in [0.2, 0.25) is 0 Å². The van der Waals surface area contributed by atoms with Gasteiger partial charge in [-0.1, -0.05) is 72.8 Å². The maximum Gasteiger partial charge on any atom is 0.339 e. The minimum Gasteiger partial charge on any atom is -0.449 e. The smallest absolute Gasteiger partial charge is 0.339 e. The average Bonchev–Trinajstić information content (AvgIpc) is 2.63. The largest absolute Gasteiger partial charge is 0.449 e. The molecule has 24 heavy (non-hydrogen) atoms. The number of hydrogen-bond donors (Lipinski definition) is 0. The molecule has 0 heterocycles. The molecule has 0 aliphatic carbocycles. The Kier molecular flexibility index (Phi) is 4.76. The van der Waals surface area contributed by atoms with E-state index in [2.05, 4.69) is 0 Å². The third-order valence-corrected chi connectivity index (χ3v) is 4.25. The van der Waals surface area contributed by atoms with E-state index in [0.717, 1.165) is 22.3 Å². The Bertz CT molecular complexity index is 784. The molecule has 0 amide bonds. The van der Waals surface area contributed by atoms with Gasteiger partial charge in [0.2, 0.25) is 0 Å². The van der Waals surface area contributed by atoms with Crippen molar-refractivity contribution in [2.24, 2.45) is 0 Å². The molecule has 3 rings (SSSR count). The summed E-state index contributed by atoms with van der Waals surface area (Å²) in [4.78, 5) is 12.8. The van der Waals surface area contributed by atoms with Gasteiger partial charge in [0.1, 0.15) is 0 Å². The van der Waals surface area contributed by atoms with E-state index >= 15 is 0 Å². The van der Waals surface area contributed by atoms with Crippen LogP contribution in [-0.4, -0.2) is 5.97 Å². The fraction of sp³-hybridized carbons (Fsp3) is 0.136. The zero-order valence-corrected chi connectivity index (χ0v) is 13.9. The summed E-state index contributed by atoms with van der Waals surface area (Å²) in [6.07, 6.45) is -0.417. The molecule has 120 valence electrons. The minimum atomic E-state index is -0.417. The summed E-state index contributed by atoms with van der Waals surface area (Å²) in [5.41, 5.74) is 4.58. The van der Waals surface area contributed by atoms with Crippen molar-refractivity contribution in [1.82, 2.24) is 0 Å². The Morgan fingerprint density at radius 2 is 1.29 bits per heavy atom. The molecule has 0 spiro atoms. The number of hydrogen-bond acceptors (Lipinski definition) is 2. The number of benzene rings is 3. The lowest BCUT2D eigenvalue weighted by molar-refractivity contribution is 0.0377. The van der Waals surface area contributed by atoms with Crippen molar-refractivity contribution in [1.29, 1.82) is 0 Å². The molecule has 0 aliphatic heterocycles. The monoisotopic (exact) mass is 316 g/mol. The van der Waals surface area contributed by atoms with E-state index in [9.17, 15) is 4.79 Å². The van der Waals surface area contributed by atoms with E-state index in [0.29, 0.717) is 5.56 Å². The molecule has 3 aromatic carbocycles. The fourth-order valence-electron chi connectivity index (χ4n) is 2.73. The van der Waals surface area contributed by atoms with Crippen molar-refractivity contribution in [3.8, 4) is 0 Å². The highest BCUT2D eigenvalue weighted by Crippen LogP contribution is 2.27. The second kappa shape index (κ2) is 7.14. The van der Waals surface area contributed by atoms with Gasteiger partial charge in [0.25, 0.3) is 0 Å². The lowest BCUT2D eigenvalue weighted by atomic mass is 10.0. The van der Waals surface area contributed by atoms with Gasteiger partial charge in [-0.05, 0) is 42.2 Å². The van der Waals surface area contributed by atoms with Crippen LogP contribution in [0, 0.1) is 13.8 Å². The summed E-state index contributed by atoms with van der Waals surface area (Å²) in [7, 11) is 0. The Balaban J connectivity index is 1.95. The first kappa shape index (κ1) is 16.0. The molecule has 0 aromatic heterocycles. The number of aryl methyl sites for hydroxylation is 1. The summed E-state index contributed by atoms with van der Waals surface area (Å²) in [5.74, 6) is -0.297. The van der Waals surface area contributed by atoms with Gasteiger partial charge in [0.15, 0.2) is 6.10 Å². The second-order valence-electron chi connectivity index (χ2n) is 5.85. The van der Waals surface area contributed by atoms with E-state index in [4.69, 9.17) is 4.74 Å². The second-order valence-corrected chi connectivity index (χ2v) is 5.85. The molecular weight excluding hydrogens is 296 g/mol. The van der Waals surface area contributed by atoms with E-state index < -0.39 is 6.10 Å². The molecule has 0 N–H and O–H groups in total. The van der Waals surface area contributed by atoms with Gasteiger partial charge in [-0.2, -0.15) is 0 Å². The van der Waals surface area contributed by atoms with Crippen molar-refractivity contribution < 1.29 is 9.53 Å². The van der Waals surface area contributed by atoms with Crippen LogP contribution >= 0.6 is 0 Å². The van der Waals surface area contributed by atoms with Crippen LogP contribution in [0.25, 0.3) is 0 Å². The van der Waals surface area contributed by atoms with Crippen LogP contribution in [0.5, 0.6) is 0 Å². The molecular formula is C22H20O2. The van der Waals surface area contributed by atoms with Gasteiger partial charge >= 0.3 is 5.97 Å². The van der Waals surface area contributed by atoms with Crippen molar-refractivity contribution in [2.75, 3.05) is 0 Å². The topological polar surface area (TPSA) is 26.3 Å². The molecule has 0 saturated heterocycles. The maximum absolute atomic E-state index is 12.8. The first-order valence-electron chi connectivity index (χ1n) is 8.04. The standard InChI is InChI=1S/C22H20O2/c1-16-10-9-15-20(17(16)2)22(23)24-21(18-11-5-3-6-12-18)19-13-7-4-8-14-19/h3-15,21H,1-2H3. The van der Waals surface area contributed by atoms with Crippen LogP contribution in [0.15, 0.2) is 78.9 Å². The Morgan fingerprint density at radius 3 is 1.83 bits per heavy atom. The van der Waals surface area contributed by atoms with E-state index in [1.165, 1.54) is 0 Å². The van der Waals surface area contributed by atoms with Gasteiger partial charge in [0.05, 0.1) is 5.56 Å². The van der Waals surface area contributed by atoms with Crippen molar-refractivity contribution in [2.45, 2.75) is 20.0 Å². The molecule has 0 bridgehead atoms. The SMILES string of the molecule is Cc1cccc(C(=O)OC(c2ccccc2)c2ccccc2)c1C. The van der Waals surface area contributed by atoms with Crippen LogP contribution in [-0.2, 0) is 4.74 Å². The predicted molar refractivity (Wildman–Crippen MR) is 96.1 cm³/mol. The molecule has 3 aromatic rings. The van der Waals surface area contributed by atoms with Crippen LogP contribution in [0.4, 0.5) is 0 Å². The third kappa shape index (κ3) is 3.38. The zero-order chi connectivity index (χ0) is 16.9. The Morgan fingerprint density at radius 1 is 0.750 bits per heavy atom. The van der Waals surface area contributed by atoms with Crippen molar-refractivity contribution in [3.63, 3.8) is 0 Å². The van der Waals surface area contributed by atoms with Crippen LogP contribution in [0.3, 0.4) is 0 Å².